The number of fused-ring (bicyclic) bond motifs is 1. The summed E-state index contributed by atoms with van der Waals surface area (Å²) >= 11 is 0. The van der Waals surface area contributed by atoms with Crippen molar-refractivity contribution < 1.29 is 39.5 Å². The van der Waals surface area contributed by atoms with E-state index in [1.165, 1.54) is 0 Å². The van der Waals surface area contributed by atoms with Gasteiger partial charge in [-0.1, -0.05) is 30.0 Å². The Labute approximate surface area is 204 Å². The van der Waals surface area contributed by atoms with Gasteiger partial charge in [-0.15, -0.1) is 22.4 Å². The zero-order valence-corrected chi connectivity index (χ0v) is 18.8. The number of rotatable bonds is 4. The predicted molar refractivity (Wildman–Crippen MR) is 111 cm³/mol. The fraction of sp³-hybridized carbons (Fsp3) is 0. The van der Waals surface area contributed by atoms with Crippen molar-refractivity contribution in [3.63, 3.8) is 0 Å². The maximum Gasteiger partial charge on any atom is 1.00 e. The minimum Gasteiger partial charge on any atom is -0.505 e. The number of imidazole rings is 1. The molecular formula is C22H12N7NaO2. The first kappa shape index (κ1) is 22.7. The molecule has 0 bridgehead atoms. The Morgan fingerprint density at radius 2 is 1.88 bits per heavy atom. The van der Waals surface area contributed by atoms with Gasteiger partial charge >= 0.3 is 29.6 Å². The zero-order chi connectivity index (χ0) is 21.8. The first-order chi connectivity index (χ1) is 15.1. The maximum absolute atomic E-state index is 12.8. The Morgan fingerprint density at radius 3 is 2.56 bits per heavy atom. The molecule has 0 aliphatic rings. The van der Waals surface area contributed by atoms with Gasteiger partial charge in [-0.2, -0.15) is 33.7 Å². The van der Waals surface area contributed by atoms with Gasteiger partial charge in [0.15, 0.2) is 17.1 Å². The molecular weight excluding hydrogens is 417 g/mol. The molecule has 0 radical (unpaired) electrons. The molecule has 10 heteroatoms. The molecule has 32 heavy (non-hydrogen) atoms. The number of hydrogen-bond donors (Lipinski definition) is 3. The van der Waals surface area contributed by atoms with Crippen LogP contribution in [-0.2, 0) is 0 Å². The monoisotopic (exact) mass is 429 g/mol. The average Bonchev–Trinajstić information content (AvgIpc) is 3.21. The third-order valence-corrected chi connectivity index (χ3v) is 4.37. The molecule has 0 atom stereocenters. The number of aromatic amines is 1. The number of nitrogens with zero attached hydrogens (tertiary/aromatic N) is 5. The molecule has 1 aromatic heterocycles. The number of benzene rings is 3. The Morgan fingerprint density at radius 1 is 1.12 bits per heavy atom. The van der Waals surface area contributed by atoms with Gasteiger partial charge in [0, 0.05) is 5.39 Å². The van der Waals surface area contributed by atoms with Crippen molar-refractivity contribution in [2.24, 2.45) is 10.2 Å². The molecule has 148 valence electrons. The molecule has 3 N–H and O–H groups in total. The van der Waals surface area contributed by atoms with Crippen LogP contribution < -0.4 is 34.9 Å². The number of nitriles is 2. The summed E-state index contributed by atoms with van der Waals surface area (Å²) in [5, 5.41) is 40.7. The van der Waals surface area contributed by atoms with Crippen LogP contribution in [0.15, 0.2) is 64.8 Å². The van der Waals surface area contributed by atoms with Gasteiger partial charge in [0.05, 0.1) is 5.56 Å². The Kier molecular flexibility index (Phi) is 6.98. The summed E-state index contributed by atoms with van der Waals surface area (Å²) in [5.74, 6) is -0.968. The largest absolute Gasteiger partial charge is 1.00 e. The molecule has 0 saturated heterocycles. The summed E-state index contributed by atoms with van der Waals surface area (Å²) in [6.45, 7) is 0. The van der Waals surface area contributed by atoms with Crippen molar-refractivity contribution in [3.8, 4) is 17.9 Å². The quantitative estimate of drug-likeness (QED) is 0.255. The van der Waals surface area contributed by atoms with Gasteiger partial charge in [0.2, 0.25) is 5.95 Å². The second-order valence-corrected chi connectivity index (χ2v) is 6.29. The van der Waals surface area contributed by atoms with Gasteiger partial charge in [-0.25, -0.2) is 0 Å². The van der Waals surface area contributed by atoms with Crippen LogP contribution in [0.25, 0.3) is 10.8 Å². The van der Waals surface area contributed by atoms with Gasteiger partial charge in [-0.05, 0) is 11.5 Å². The molecule has 0 unspecified atom stereocenters. The Hall–Kier alpha value is -4.02. The van der Waals surface area contributed by atoms with Gasteiger partial charge in [0.1, 0.15) is 17.8 Å². The smallest absolute Gasteiger partial charge is 0.505 e. The van der Waals surface area contributed by atoms with E-state index in [2.05, 4.69) is 31.6 Å². The standard InChI is InChI=1S/C22H12N7O2.Na/c23-11-17-18(12-24)27-22(26-17)29-28-19-15-9-5-4-6-13(15)10-16(20(19)30)21(31)25-14-7-2-1-3-8-14;/h2-10,30H,(H,25,31)(H,26,27);/q-1;+1. The number of amides is 1. The summed E-state index contributed by atoms with van der Waals surface area (Å²) in [6, 6.07) is 21.7. The number of azo groups is 1. The SMILES string of the molecule is N#Cc1nc(N=Nc2c(O)c(C(=O)Nc3cc[c-]cc3)cc3ccccc23)[nH]c1C#N.[Na+]. The first-order valence-corrected chi connectivity index (χ1v) is 8.95. The van der Waals surface area contributed by atoms with Crippen LogP contribution in [0.2, 0.25) is 0 Å². The maximum atomic E-state index is 12.8. The number of carbonyl (C=O) groups is 1. The van der Waals surface area contributed by atoms with Gasteiger partial charge in [0.25, 0.3) is 5.91 Å². The summed E-state index contributed by atoms with van der Waals surface area (Å²) < 4.78 is 0. The van der Waals surface area contributed by atoms with E-state index in [-0.39, 0.29) is 63.9 Å². The fourth-order valence-corrected chi connectivity index (χ4v) is 2.93. The number of nitrogens with one attached hydrogen (secondary N) is 2. The molecule has 0 saturated carbocycles. The molecule has 0 aliphatic heterocycles. The average molecular weight is 429 g/mol. The van der Waals surface area contributed by atoms with E-state index in [9.17, 15) is 9.90 Å². The molecule has 4 aromatic rings. The van der Waals surface area contributed by atoms with Crippen LogP contribution in [0, 0.1) is 28.7 Å². The van der Waals surface area contributed by atoms with E-state index in [1.54, 1.807) is 66.7 Å². The number of carbonyl (C=O) groups excluding carboxylic acids is 1. The second kappa shape index (κ2) is 9.86. The molecule has 3 aromatic carbocycles. The fourth-order valence-electron chi connectivity index (χ4n) is 2.93. The third-order valence-electron chi connectivity index (χ3n) is 4.37. The number of phenolic OH excluding ortho intramolecular Hbond substituents is 1. The van der Waals surface area contributed by atoms with Crippen molar-refractivity contribution in [2.75, 3.05) is 5.32 Å². The molecule has 9 nitrogen and oxygen atoms in total. The second-order valence-electron chi connectivity index (χ2n) is 6.29. The van der Waals surface area contributed by atoms with Crippen molar-refractivity contribution >= 4 is 34.0 Å². The van der Waals surface area contributed by atoms with E-state index >= 15 is 0 Å². The normalized spacial score (nSPS) is 10.3. The molecule has 1 amide bonds. The molecule has 4 rings (SSSR count). The van der Waals surface area contributed by atoms with Crippen molar-refractivity contribution in [1.82, 2.24) is 9.97 Å². The zero-order valence-electron chi connectivity index (χ0n) is 16.8. The summed E-state index contributed by atoms with van der Waals surface area (Å²) in [4.78, 5) is 19.2. The van der Waals surface area contributed by atoms with E-state index in [0.717, 1.165) is 0 Å². The number of aromatic hydroxyl groups is 1. The minimum atomic E-state index is -0.526. The summed E-state index contributed by atoms with van der Waals surface area (Å²) in [6.07, 6.45) is 0. The molecule has 0 spiro atoms. The number of phenols is 1. The topological polar surface area (TPSA) is 150 Å². The van der Waals surface area contributed by atoms with Gasteiger partial charge < -0.3 is 15.4 Å². The summed E-state index contributed by atoms with van der Waals surface area (Å²) in [5.41, 5.74) is 0.453. The van der Waals surface area contributed by atoms with Gasteiger partial charge in [-0.3, -0.25) is 4.79 Å². The van der Waals surface area contributed by atoms with Crippen LogP contribution in [0.3, 0.4) is 0 Å². The first-order valence-electron chi connectivity index (χ1n) is 8.95. The van der Waals surface area contributed by atoms with Crippen LogP contribution >= 0.6 is 0 Å². The van der Waals surface area contributed by atoms with E-state index < -0.39 is 5.91 Å². The molecule has 0 aliphatic carbocycles. The number of anilines is 1. The number of H-pyrrole nitrogens is 1. The van der Waals surface area contributed by atoms with Crippen molar-refractivity contribution in [2.45, 2.75) is 0 Å². The van der Waals surface area contributed by atoms with E-state index in [0.29, 0.717) is 16.5 Å². The number of hydrogen-bond acceptors (Lipinski definition) is 7. The molecule has 1 heterocycles. The number of aromatic nitrogens is 2. The minimum absolute atomic E-state index is 0. The van der Waals surface area contributed by atoms with Crippen LogP contribution in [0.5, 0.6) is 5.75 Å². The third kappa shape index (κ3) is 4.51. The predicted octanol–water partition coefficient (Wildman–Crippen LogP) is 1.48. The Bertz CT molecular complexity index is 1380. The van der Waals surface area contributed by atoms with E-state index in [1.807, 2.05) is 0 Å². The van der Waals surface area contributed by atoms with Crippen molar-refractivity contribution in [3.05, 3.63) is 77.6 Å². The van der Waals surface area contributed by atoms with Crippen LogP contribution in [-0.4, -0.2) is 21.0 Å². The van der Waals surface area contributed by atoms with Crippen molar-refractivity contribution in [1.29, 1.82) is 10.5 Å². The Balaban J connectivity index is 0.00000289. The van der Waals surface area contributed by atoms with Crippen LogP contribution in [0.1, 0.15) is 21.7 Å². The summed E-state index contributed by atoms with van der Waals surface area (Å²) in [7, 11) is 0. The van der Waals surface area contributed by atoms with Crippen LogP contribution in [0.4, 0.5) is 17.3 Å². The molecule has 0 fully saturated rings. The van der Waals surface area contributed by atoms with E-state index in [4.69, 9.17) is 10.5 Å².